The Morgan fingerprint density at radius 3 is 2.67 bits per heavy atom. The van der Waals surface area contributed by atoms with E-state index in [1.165, 1.54) is 4.31 Å². The molecule has 2 unspecified atom stereocenters. The van der Waals surface area contributed by atoms with Crippen LogP contribution in [-0.4, -0.2) is 50.9 Å². The minimum Gasteiger partial charge on any atom is -0.379 e. The van der Waals surface area contributed by atoms with E-state index in [1.54, 1.807) is 0 Å². The van der Waals surface area contributed by atoms with Gasteiger partial charge in [0.25, 0.3) is 10.2 Å². The molecule has 106 valence electrons. The SMILES string of the molecule is O=S(=O)(NCC1CCCC(Cl)C1)N1CCOCC1. The number of nitrogens with one attached hydrogen (secondary N) is 1. The van der Waals surface area contributed by atoms with Crippen molar-refractivity contribution in [3.63, 3.8) is 0 Å². The van der Waals surface area contributed by atoms with Gasteiger partial charge in [0, 0.05) is 25.0 Å². The van der Waals surface area contributed by atoms with Crippen LogP contribution in [0.15, 0.2) is 0 Å². The summed E-state index contributed by atoms with van der Waals surface area (Å²) in [6.45, 7) is 2.35. The third-order valence-electron chi connectivity index (χ3n) is 3.58. The molecule has 0 aromatic heterocycles. The van der Waals surface area contributed by atoms with Crippen LogP contribution in [0.25, 0.3) is 0 Å². The Bertz CT molecular complexity index is 357. The monoisotopic (exact) mass is 296 g/mol. The summed E-state index contributed by atoms with van der Waals surface area (Å²) in [5.41, 5.74) is 0. The van der Waals surface area contributed by atoms with Crippen LogP contribution < -0.4 is 4.72 Å². The number of halogens is 1. The summed E-state index contributed by atoms with van der Waals surface area (Å²) in [5, 5.41) is 0.205. The highest BCUT2D eigenvalue weighted by atomic mass is 35.5. The summed E-state index contributed by atoms with van der Waals surface area (Å²) in [7, 11) is -3.34. The highest BCUT2D eigenvalue weighted by Gasteiger charge is 2.26. The van der Waals surface area contributed by atoms with Crippen LogP contribution in [0.1, 0.15) is 25.7 Å². The molecule has 2 fully saturated rings. The van der Waals surface area contributed by atoms with Crippen LogP contribution in [0.5, 0.6) is 0 Å². The van der Waals surface area contributed by atoms with E-state index in [1.807, 2.05) is 0 Å². The topological polar surface area (TPSA) is 58.6 Å². The van der Waals surface area contributed by atoms with Crippen molar-refractivity contribution in [2.24, 2.45) is 5.92 Å². The average molecular weight is 297 g/mol. The normalized spacial score (nSPS) is 31.4. The second-order valence-corrected chi connectivity index (χ2v) is 7.37. The minimum absolute atomic E-state index is 0.205. The number of ether oxygens (including phenoxy) is 1. The van der Waals surface area contributed by atoms with E-state index < -0.39 is 10.2 Å². The molecule has 0 radical (unpaired) electrons. The summed E-state index contributed by atoms with van der Waals surface area (Å²) >= 11 is 6.11. The molecule has 1 saturated heterocycles. The van der Waals surface area contributed by atoms with Gasteiger partial charge in [0.2, 0.25) is 0 Å². The van der Waals surface area contributed by atoms with Gasteiger partial charge in [0.15, 0.2) is 0 Å². The molecule has 0 spiro atoms. The molecule has 2 aliphatic rings. The molecule has 1 saturated carbocycles. The third kappa shape index (κ3) is 4.06. The van der Waals surface area contributed by atoms with Crippen LogP contribution >= 0.6 is 11.6 Å². The van der Waals surface area contributed by atoms with Crippen molar-refractivity contribution in [2.75, 3.05) is 32.8 Å². The van der Waals surface area contributed by atoms with Gasteiger partial charge in [0.05, 0.1) is 13.2 Å². The van der Waals surface area contributed by atoms with Crippen molar-refractivity contribution in [3.05, 3.63) is 0 Å². The van der Waals surface area contributed by atoms with Crippen molar-refractivity contribution >= 4 is 21.8 Å². The van der Waals surface area contributed by atoms with Crippen molar-refractivity contribution in [3.8, 4) is 0 Å². The van der Waals surface area contributed by atoms with Gasteiger partial charge in [0.1, 0.15) is 0 Å². The van der Waals surface area contributed by atoms with Gasteiger partial charge >= 0.3 is 0 Å². The molecular formula is C11H21ClN2O3S. The Hall–Kier alpha value is 0.120. The molecule has 7 heteroatoms. The average Bonchev–Trinajstić information content (AvgIpc) is 2.38. The number of hydrogen-bond acceptors (Lipinski definition) is 3. The molecule has 0 bridgehead atoms. The third-order valence-corrected chi connectivity index (χ3v) is 5.56. The first-order valence-corrected chi connectivity index (χ1v) is 8.42. The fraction of sp³-hybridized carbons (Fsp3) is 1.00. The number of rotatable bonds is 4. The first-order chi connectivity index (χ1) is 8.58. The lowest BCUT2D eigenvalue weighted by Crippen LogP contribution is -2.47. The molecule has 1 aliphatic heterocycles. The molecule has 0 aromatic carbocycles. The Labute approximate surface area is 114 Å². The van der Waals surface area contributed by atoms with Crippen LogP contribution in [0.3, 0.4) is 0 Å². The lowest BCUT2D eigenvalue weighted by molar-refractivity contribution is 0.0724. The zero-order valence-corrected chi connectivity index (χ0v) is 12.0. The van der Waals surface area contributed by atoms with Gasteiger partial charge in [-0.25, -0.2) is 4.72 Å². The largest absolute Gasteiger partial charge is 0.379 e. The Morgan fingerprint density at radius 2 is 2.00 bits per heavy atom. The van der Waals surface area contributed by atoms with Crippen molar-refractivity contribution in [2.45, 2.75) is 31.1 Å². The maximum absolute atomic E-state index is 12.0. The van der Waals surface area contributed by atoms with Gasteiger partial charge in [-0.15, -0.1) is 11.6 Å². The van der Waals surface area contributed by atoms with Gasteiger partial charge in [-0.1, -0.05) is 6.42 Å². The van der Waals surface area contributed by atoms with Crippen LogP contribution in [-0.2, 0) is 14.9 Å². The van der Waals surface area contributed by atoms with Gasteiger partial charge < -0.3 is 4.74 Å². The number of nitrogens with zero attached hydrogens (tertiary/aromatic N) is 1. The molecule has 18 heavy (non-hydrogen) atoms. The standard InChI is InChI=1S/C11H21ClN2O3S/c12-11-3-1-2-10(8-11)9-13-18(15,16)14-4-6-17-7-5-14/h10-11,13H,1-9H2. The second kappa shape index (κ2) is 6.52. The summed E-state index contributed by atoms with van der Waals surface area (Å²) in [6.07, 6.45) is 4.12. The second-order valence-electron chi connectivity index (χ2n) is 4.99. The lowest BCUT2D eigenvalue weighted by Gasteiger charge is -2.29. The molecule has 5 nitrogen and oxygen atoms in total. The van der Waals surface area contributed by atoms with Crippen LogP contribution in [0.2, 0.25) is 0 Å². The molecule has 2 rings (SSSR count). The van der Waals surface area contributed by atoms with Gasteiger partial charge in [-0.3, -0.25) is 0 Å². The minimum atomic E-state index is -3.34. The molecule has 2 atom stereocenters. The van der Waals surface area contributed by atoms with Crippen molar-refractivity contribution < 1.29 is 13.2 Å². The summed E-state index contributed by atoms with van der Waals surface area (Å²) < 4.78 is 33.4. The summed E-state index contributed by atoms with van der Waals surface area (Å²) in [4.78, 5) is 0. The van der Waals surface area contributed by atoms with E-state index in [4.69, 9.17) is 16.3 Å². The first-order valence-electron chi connectivity index (χ1n) is 6.54. The smallest absolute Gasteiger partial charge is 0.279 e. The molecule has 0 amide bonds. The molecule has 1 heterocycles. The summed E-state index contributed by atoms with van der Waals surface area (Å²) in [5.74, 6) is 0.372. The van der Waals surface area contributed by atoms with Crippen molar-refractivity contribution in [1.82, 2.24) is 9.03 Å². The predicted octanol–water partition coefficient (Wildman–Crippen LogP) is 0.951. The number of alkyl halides is 1. The quantitative estimate of drug-likeness (QED) is 0.786. The maximum atomic E-state index is 12.0. The maximum Gasteiger partial charge on any atom is 0.279 e. The number of morpholine rings is 1. The molecule has 1 N–H and O–H groups in total. The fourth-order valence-electron chi connectivity index (χ4n) is 2.51. The fourth-order valence-corrected chi connectivity index (χ4v) is 4.18. The van der Waals surface area contributed by atoms with E-state index in [0.717, 1.165) is 25.7 Å². The van der Waals surface area contributed by atoms with E-state index in [2.05, 4.69) is 4.72 Å². The van der Waals surface area contributed by atoms with E-state index in [9.17, 15) is 8.42 Å². The van der Waals surface area contributed by atoms with E-state index in [0.29, 0.717) is 38.8 Å². The Balaban J connectivity index is 1.80. The Morgan fingerprint density at radius 1 is 1.28 bits per heavy atom. The first kappa shape index (κ1) is 14.5. The van der Waals surface area contributed by atoms with E-state index in [-0.39, 0.29) is 5.38 Å². The lowest BCUT2D eigenvalue weighted by atomic mass is 9.89. The summed E-state index contributed by atoms with van der Waals surface area (Å²) in [6, 6.07) is 0. The molecular weight excluding hydrogens is 276 g/mol. The van der Waals surface area contributed by atoms with Crippen LogP contribution in [0.4, 0.5) is 0 Å². The number of hydrogen-bond donors (Lipinski definition) is 1. The zero-order valence-electron chi connectivity index (χ0n) is 10.5. The predicted molar refractivity (Wildman–Crippen MR) is 70.9 cm³/mol. The van der Waals surface area contributed by atoms with E-state index >= 15 is 0 Å². The van der Waals surface area contributed by atoms with Crippen molar-refractivity contribution in [1.29, 1.82) is 0 Å². The zero-order chi connectivity index (χ0) is 13.0. The van der Waals surface area contributed by atoms with Crippen LogP contribution in [0, 0.1) is 5.92 Å². The highest BCUT2D eigenvalue weighted by Crippen LogP contribution is 2.27. The molecule has 0 aromatic rings. The van der Waals surface area contributed by atoms with Gasteiger partial charge in [-0.05, 0) is 25.2 Å². The Kier molecular flexibility index (Phi) is 5.26. The molecule has 1 aliphatic carbocycles. The highest BCUT2D eigenvalue weighted by molar-refractivity contribution is 7.87. The van der Waals surface area contributed by atoms with Gasteiger partial charge in [-0.2, -0.15) is 12.7 Å².